The molecule has 11 heteroatoms. The van der Waals surface area contributed by atoms with Crippen molar-refractivity contribution in [3.8, 4) is 11.5 Å². The Bertz CT molecular complexity index is 1450. The summed E-state index contributed by atoms with van der Waals surface area (Å²) in [5, 5.41) is 8.47. The van der Waals surface area contributed by atoms with Crippen molar-refractivity contribution in [2.75, 3.05) is 39.1 Å². The number of ether oxygens (including phenoxy) is 2. The molecule has 1 atom stereocenters. The molecule has 2 aromatic carbocycles. The van der Waals surface area contributed by atoms with E-state index in [1.807, 2.05) is 61.2 Å². The second-order valence-electron chi connectivity index (χ2n) is 9.79. The molecule has 5 rings (SSSR count). The summed E-state index contributed by atoms with van der Waals surface area (Å²) in [6.45, 7) is 3.62. The third-order valence-electron chi connectivity index (χ3n) is 6.45. The Balaban J connectivity index is 1.31. The number of amides is 1. The lowest BCUT2D eigenvalue weighted by Crippen LogP contribution is -2.43. The van der Waals surface area contributed by atoms with Crippen molar-refractivity contribution in [2.24, 2.45) is 0 Å². The Kier molecular flexibility index (Phi) is 8.13. The van der Waals surface area contributed by atoms with Crippen LogP contribution in [0.2, 0.25) is 5.02 Å². The molecule has 0 radical (unpaired) electrons. The van der Waals surface area contributed by atoms with Gasteiger partial charge in [0.2, 0.25) is 5.91 Å². The lowest BCUT2D eigenvalue weighted by Gasteiger charge is -2.26. The van der Waals surface area contributed by atoms with Gasteiger partial charge in [0, 0.05) is 18.3 Å². The quantitative estimate of drug-likeness (QED) is 0.297. The number of carbonyl (C=O) groups excluding carboxylic acids is 1. The molecule has 1 N–H and O–H groups in total. The highest BCUT2D eigenvalue weighted by molar-refractivity contribution is 6.32. The van der Waals surface area contributed by atoms with Crippen molar-refractivity contribution in [3.05, 3.63) is 65.3 Å². The predicted molar refractivity (Wildman–Crippen MR) is 149 cm³/mol. The topological polar surface area (TPSA) is 106 Å². The van der Waals surface area contributed by atoms with Crippen molar-refractivity contribution in [1.29, 1.82) is 0 Å². The lowest BCUT2D eigenvalue weighted by molar-refractivity contribution is -0.133. The summed E-state index contributed by atoms with van der Waals surface area (Å²) in [5.74, 6) is 2.61. The molecular weight excluding hydrogens is 520 g/mol. The van der Waals surface area contributed by atoms with Gasteiger partial charge in [0.05, 0.1) is 28.5 Å². The molecule has 1 aliphatic heterocycles. The van der Waals surface area contributed by atoms with Crippen LogP contribution < -0.4 is 14.8 Å². The first-order valence-corrected chi connectivity index (χ1v) is 13.2. The number of likely N-dealkylation sites (N-methyl/N-ethyl adjacent to an activating group) is 1. The summed E-state index contributed by atoms with van der Waals surface area (Å²) in [5.41, 5.74) is 2.16. The maximum atomic E-state index is 12.7. The molecule has 1 fully saturated rings. The molecule has 1 unspecified atom stereocenters. The van der Waals surface area contributed by atoms with Gasteiger partial charge in [0.1, 0.15) is 48.3 Å². The van der Waals surface area contributed by atoms with E-state index in [0.29, 0.717) is 41.2 Å². The van der Waals surface area contributed by atoms with Gasteiger partial charge in [-0.15, -0.1) is 0 Å². The van der Waals surface area contributed by atoms with Crippen LogP contribution in [0.25, 0.3) is 10.9 Å². The van der Waals surface area contributed by atoms with E-state index in [-0.39, 0.29) is 18.6 Å². The minimum absolute atomic E-state index is 0.0289. The summed E-state index contributed by atoms with van der Waals surface area (Å²) in [6, 6.07) is 13.0. The number of hydrogen-bond donors (Lipinski definition) is 1. The first kappa shape index (κ1) is 26.7. The summed E-state index contributed by atoms with van der Waals surface area (Å²) in [7, 11) is 3.80. The third-order valence-corrected chi connectivity index (χ3v) is 6.75. The van der Waals surface area contributed by atoms with Crippen LogP contribution in [0.5, 0.6) is 11.5 Å². The summed E-state index contributed by atoms with van der Waals surface area (Å²) >= 11 is 6.51. The second kappa shape index (κ2) is 11.9. The van der Waals surface area contributed by atoms with Crippen LogP contribution in [-0.4, -0.2) is 70.7 Å². The maximum absolute atomic E-state index is 12.7. The van der Waals surface area contributed by atoms with Crippen molar-refractivity contribution < 1.29 is 18.8 Å². The maximum Gasteiger partial charge on any atom is 0.237 e. The molecule has 0 bridgehead atoms. The van der Waals surface area contributed by atoms with Crippen LogP contribution in [0.4, 0.5) is 11.5 Å². The third kappa shape index (κ3) is 6.40. The Morgan fingerprint density at radius 2 is 2.05 bits per heavy atom. The minimum Gasteiger partial charge on any atom is -0.491 e. The van der Waals surface area contributed by atoms with Gasteiger partial charge in [-0.25, -0.2) is 9.97 Å². The number of nitrogens with one attached hydrogen (secondary N) is 1. The molecule has 0 spiro atoms. The Morgan fingerprint density at radius 1 is 1.18 bits per heavy atom. The molecule has 204 valence electrons. The molecule has 10 nitrogen and oxygen atoms in total. The van der Waals surface area contributed by atoms with Crippen LogP contribution in [0.3, 0.4) is 0 Å². The zero-order valence-electron chi connectivity index (χ0n) is 22.2. The highest BCUT2D eigenvalue weighted by atomic mass is 35.5. The van der Waals surface area contributed by atoms with Crippen LogP contribution in [-0.2, 0) is 11.4 Å². The van der Waals surface area contributed by atoms with Crippen LogP contribution in [0, 0.1) is 6.92 Å². The number of fused-ring (bicyclic) bond motifs is 1. The molecule has 1 amide bonds. The summed E-state index contributed by atoms with van der Waals surface area (Å²) < 4.78 is 17.2. The van der Waals surface area contributed by atoms with Gasteiger partial charge in [-0.05, 0) is 64.2 Å². The Labute approximate surface area is 231 Å². The number of anilines is 2. The zero-order chi connectivity index (χ0) is 27.4. The number of rotatable bonds is 10. The van der Waals surface area contributed by atoms with Gasteiger partial charge in [-0.2, -0.15) is 0 Å². The van der Waals surface area contributed by atoms with Gasteiger partial charge in [-0.1, -0.05) is 22.8 Å². The number of nitrogens with zero attached hydrogens (tertiary/aromatic N) is 5. The normalized spacial score (nSPS) is 15.2. The number of aromatic nitrogens is 3. The van der Waals surface area contributed by atoms with E-state index < -0.39 is 0 Å². The van der Waals surface area contributed by atoms with Crippen LogP contribution >= 0.6 is 11.6 Å². The molecular formula is C28H31ClN6O4. The van der Waals surface area contributed by atoms with Crippen molar-refractivity contribution in [1.82, 2.24) is 24.9 Å². The average Bonchev–Trinajstić information content (AvgIpc) is 3.55. The smallest absolute Gasteiger partial charge is 0.237 e. The van der Waals surface area contributed by atoms with E-state index >= 15 is 0 Å². The molecule has 0 saturated carbocycles. The fraction of sp³-hybridized carbons (Fsp3) is 0.357. The van der Waals surface area contributed by atoms with Crippen molar-refractivity contribution in [2.45, 2.75) is 32.4 Å². The molecule has 2 aromatic heterocycles. The van der Waals surface area contributed by atoms with E-state index in [1.54, 1.807) is 12.1 Å². The molecule has 1 saturated heterocycles. The number of benzene rings is 2. The van der Waals surface area contributed by atoms with E-state index in [1.165, 1.54) is 6.33 Å². The van der Waals surface area contributed by atoms with Gasteiger partial charge in [0.25, 0.3) is 0 Å². The molecule has 0 aliphatic carbocycles. The van der Waals surface area contributed by atoms with Crippen molar-refractivity contribution >= 4 is 39.9 Å². The first-order chi connectivity index (χ1) is 18.9. The minimum atomic E-state index is 0.0289. The van der Waals surface area contributed by atoms with E-state index in [0.717, 1.165) is 41.7 Å². The largest absolute Gasteiger partial charge is 0.491 e. The van der Waals surface area contributed by atoms with Gasteiger partial charge in [-0.3, -0.25) is 4.79 Å². The van der Waals surface area contributed by atoms with Gasteiger partial charge < -0.3 is 29.1 Å². The molecule has 3 heterocycles. The number of likely N-dealkylation sites (tertiary alicyclic amines) is 1. The predicted octanol–water partition coefficient (Wildman–Crippen LogP) is 4.83. The number of halogens is 1. The SMILES string of the molecule is Cc1cc(COc2ccc(Nc3ncnc4cccc(OCC5CCCN5C(=O)CN(C)C)c34)cc2Cl)no1. The standard InChI is InChI=1S/C28H31ClN6O4/c1-18-12-20(33-39-18)15-37-24-10-9-19(13-22(24)29)32-28-27-23(30-17-31-28)7-4-8-25(27)38-16-21-6-5-11-35(21)26(36)14-34(2)3/h4,7-10,12-13,17,21H,5-6,11,14-16H2,1-3H3,(H,30,31,32). The summed E-state index contributed by atoms with van der Waals surface area (Å²) in [4.78, 5) is 25.4. The van der Waals surface area contributed by atoms with Gasteiger partial charge in [0.15, 0.2) is 0 Å². The first-order valence-electron chi connectivity index (χ1n) is 12.8. The van der Waals surface area contributed by atoms with E-state index in [2.05, 4.69) is 20.4 Å². The fourth-order valence-electron chi connectivity index (χ4n) is 4.65. The molecule has 4 aromatic rings. The molecule has 39 heavy (non-hydrogen) atoms. The lowest BCUT2D eigenvalue weighted by atomic mass is 10.2. The van der Waals surface area contributed by atoms with E-state index in [4.69, 9.17) is 25.6 Å². The average molecular weight is 551 g/mol. The molecule has 1 aliphatic rings. The van der Waals surface area contributed by atoms with Crippen LogP contribution in [0.1, 0.15) is 24.3 Å². The fourth-order valence-corrected chi connectivity index (χ4v) is 4.88. The monoisotopic (exact) mass is 550 g/mol. The highest BCUT2D eigenvalue weighted by Gasteiger charge is 2.29. The Hall–Kier alpha value is -3.89. The zero-order valence-corrected chi connectivity index (χ0v) is 22.9. The number of hydrogen-bond acceptors (Lipinski definition) is 9. The van der Waals surface area contributed by atoms with E-state index in [9.17, 15) is 4.79 Å². The number of carbonyl (C=O) groups is 1. The van der Waals surface area contributed by atoms with Crippen molar-refractivity contribution in [3.63, 3.8) is 0 Å². The highest BCUT2D eigenvalue weighted by Crippen LogP contribution is 2.34. The second-order valence-corrected chi connectivity index (χ2v) is 10.2. The van der Waals surface area contributed by atoms with Gasteiger partial charge >= 0.3 is 0 Å². The Morgan fingerprint density at radius 3 is 2.82 bits per heavy atom. The number of aryl methyl sites for hydroxylation is 1. The van der Waals surface area contributed by atoms with Crippen LogP contribution in [0.15, 0.2) is 53.3 Å². The summed E-state index contributed by atoms with van der Waals surface area (Å²) in [6.07, 6.45) is 3.39.